The van der Waals surface area contributed by atoms with E-state index in [0.29, 0.717) is 0 Å². The lowest BCUT2D eigenvalue weighted by Crippen LogP contribution is -3.05. The van der Waals surface area contributed by atoms with E-state index >= 15 is 0 Å². The maximum absolute atomic E-state index is 12.1. The Morgan fingerprint density at radius 1 is 1.08 bits per heavy atom. The van der Waals surface area contributed by atoms with Crippen LogP contribution in [0, 0.1) is 0 Å². The fourth-order valence-electron chi connectivity index (χ4n) is 2.21. The maximum Gasteiger partial charge on any atom is 0.248 e. The zero-order chi connectivity index (χ0) is 17.2. The van der Waals surface area contributed by atoms with Crippen LogP contribution < -0.4 is 10.2 Å². The summed E-state index contributed by atoms with van der Waals surface area (Å²) in [6, 6.07) is 17.8. The van der Waals surface area contributed by atoms with Crippen LogP contribution in [0.1, 0.15) is 12.0 Å². The molecular formula is C20H25N2OS+. The molecular weight excluding hydrogens is 316 g/mol. The van der Waals surface area contributed by atoms with Crippen LogP contribution in [-0.4, -0.2) is 32.3 Å². The van der Waals surface area contributed by atoms with Gasteiger partial charge in [0.15, 0.2) is 0 Å². The van der Waals surface area contributed by atoms with E-state index in [1.54, 1.807) is 17.8 Å². The summed E-state index contributed by atoms with van der Waals surface area (Å²) >= 11 is 1.79. The van der Waals surface area contributed by atoms with E-state index in [0.717, 1.165) is 34.9 Å². The molecule has 126 valence electrons. The highest BCUT2D eigenvalue weighted by molar-refractivity contribution is 7.99. The van der Waals surface area contributed by atoms with Gasteiger partial charge in [0, 0.05) is 23.1 Å². The van der Waals surface area contributed by atoms with Gasteiger partial charge >= 0.3 is 0 Å². The van der Waals surface area contributed by atoms with Gasteiger partial charge in [0.05, 0.1) is 26.3 Å². The lowest BCUT2D eigenvalue weighted by molar-refractivity contribution is -0.858. The number of quaternary nitrogens is 1. The van der Waals surface area contributed by atoms with E-state index in [-0.39, 0.29) is 5.91 Å². The van der Waals surface area contributed by atoms with Crippen LogP contribution in [0.25, 0.3) is 6.08 Å². The van der Waals surface area contributed by atoms with Gasteiger partial charge in [-0.3, -0.25) is 4.79 Å². The first-order chi connectivity index (χ1) is 11.6. The minimum Gasteiger partial charge on any atom is -0.340 e. The maximum atomic E-state index is 12.1. The molecule has 1 amide bonds. The predicted molar refractivity (Wildman–Crippen MR) is 104 cm³/mol. The van der Waals surface area contributed by atoms with Crippen LogP contribution in [0.15, 0.2) is 65.6 Å². The molecule has 0 aliphatic heterocycles. The first-order valence-electron chi connectivity index (χ1n) is 8.20. The quantitative estimate of drug-likeness (QED) is 0.440. The van der Waals surface area contributed by atoms with Gasteiger partial charge in [0.25, 0.3) is 0 Å². The molecule has 0 bridgehead atoms. The van der Waals surface area contributed by atoms with Gasteiger partial charge in [-0.05, 0) is 23.8 Å². The number of anilines is 1. The van der Waals surface area contributed by atoms with E-state index in [1.807, 2.05) is 54.6 Å². The van der Waals surface area contributed by atoms with Gasteiger partial charge < -0.3 is 10.2 Å². The molecule has 0 radical (unpaired) electrons. The van der Waals surface area contributed by atoms with Crippen LogP contribution in [0.3, 0.4) is 0 Å². The highest BCUT2D eigenvalue weighted by Crippen LogP contribution is 2.27. The molecule has 3 nitrogen and oxygen atoms in total. The Hall–Kier alpha value is -2.04. The lowest BCUT2D eigenvalue weighted by Gasteiger charge is -2.10. The number of rotatable bonds is 8. The van der Waals surface area contributed by atoms with E-state index in [9.17, 15) is 4.79 Å². The number of carbonyl (C=O) groups excluding carboxylic acids is 1. The van der Waals surface area contributed by atoms with Gasteiger partial charge in [-0.25, -0.2) is 0 Å². The summed E-state index contributed by atoms with van der Waals surface area (Å²) in [6.07, 6.45) is 4.56. The van der Waals surface area contributed by atoms with Crippen LogP contribution in [-0.2, 0) is 4.79 Å². The molecule has 2 N–H and O–H groups in total. The number of benzene rings is 2. The number of hydrogen-bond donors (Lipinski definition) is 2. The van der Waals surface area contributed by atoms with Gasteiger partial charge in [-0.15, -0.1) is 11.8 Å². The molecule has 2 aromatic carbocycles. The van der Waals surface area contributed by atoms with Crippen LogP contribution in [0.5, 0.6) is 0 Å². The van der Waals surface area contributed by atoms with E-state index in [2.05, 4.69) is 25.5 Å². The Morgan fingerprint density at radius 3 is 2.54 bits per heavy atom. The predicted octanol–water partition coefficient (Wildman–Crippen LogP) is 2.97. The largest absolute Gasteiger partial charge is 0.340 e. The number of hydrogen-bond acceptors (Lipinski definition) is 2. The van der Waals surface area contributed by atoms with Crippen molar-refractivity contribution in [1.82, 2.24) is 0 Å². The molecule has 0 atom stereocenters. The van der Waals surface area contributed by atoms with E-state index < -0.39 is 0 Å². The Labute approximate surface area is 148 Å². The summed E-state index contributed by atoms with van der Waals surface area (Å²) < 4.78 is 0. The van der Waals surface area contributed by atoms with Gasteiger partial charge in [-0.1, -0.05) is 42.5 Å². The summed E-state index contributed by atoms with van der Waals surface area (Å²) in [7, 11) is 4.33. The summed E-state index contributed by atoms with van der Waals surface area (Å²) in [5, 5.41) is 2.98. The van der Waals surface area contributed by atoms with Gasteiger partial charge in [0.2, 0.25) is 5.91 Å². The Balaban J connectivity index is 1.91. The normalized spacial score (nSPS) is 11.1. The molecule has 0 fully saturated rings. The first kappa shape index (κ1) is 18.3. The van der Waals surface area contributed by atoms with Gasteiger partial charge in [0.1, 0.15) is 0 Å². The molecule has 4 heteroatoms. The highest BCUT2D eigenvalue weighted by Gasteiger charge is 2.05. The second kappa shape index (κ2) is 9.96. The summed E-state index contributed by atoms with van der Waals surface area (Å²) in [5.74, 6) is 0.947. The zero-order valence-corrected chi connectivity index (χ0v) is 15.1. The van der Waals surface area contributed by atoms with Crippen molar-refractivity contribution >= 4 is 29.4 Å². The van der Waals surface area contributed by atoms with Crippen molar-refractivity contribution in [1.29, 1.82) is 0 Å². The third kappa shape index (κ3) is 6.60. The van der Waals surface area contributed by atoms with E-state index in [4.69, 9.17) is 0 Å². The summed E-state index contributed by atoms with van der Waals surface area (Å²) in [4.78, 5) is 14.7. The van der Waals surface area contributed by atoms with Crippen molar-refractivity contribution in [3.63, 3.8) is 0 Å². The topological polar surface area (TPSA) is 33.5 Å². The van der Waals surface area contributed by atoms with Crippen molar-refractivity contribution in [2.75, 3.05) is 31.7 Å². The number of amides is 1. The molecule has 24 heavy (non-hydrogen) atoms. The summed E-state index contributed by atoms with van der Waals surface area (Å²) in [6.45, 7) is 1.15. The van der Waals surface area contributed by atoms with Crippen molar-refractivity contribution < 1.29 is 9.69 Å². The fourth-order valence-corrected chi connectivity index (χ4v) is 3.17. The molecule has 0 unspecified atom stereocenters. The highest BCUT2D eigenvalue weighted by atomic mass is 32.2. The van der Waals surface area contributed by atoms with Crippen LogP contribution >= 0.6 is 11.8 Å². The molecule has 0 spiro atoms. The Morgan fingerprint density at radius 2 is 1.79 bits per heavy atom. The molecule has 0 saturated carbocycles. The SMILES string of the molecule is C[NH+](C)CCCSc1ccccc1NC(=O)/C=C/c1ccccc1. The third-order valence-corrected chi connectivity index (χ3v) is 4.61. The zero-order valence-electron chi connectivity index (χ0n) is 14.3. The van der Waals surface area contributed by atoms with Crippen molar-refractivity contribution in [2.24, 2.45) is 0 Å². The van der Waals surface area contributed by atoms with Crippen molar-refractivity contribution in [2.45, 2.75) is 11.3 Å². The third-order valence-electron chi connectivity index (χ3n) is 3.45. The molecule has 0 aliphatic carbocycles. The molecule has 0 saturated heterocycles. The summed E-state index contributed by atoms with van der Waals surface area (Å²) in [5.41, 5.74) is 1.89. The number of para-hydroxylation sites is 1. The molecule has 0 aromatic heterocycles. The minimum absolute atomic E-state index is 0.107. The number of nitrogens with one attached hydrogen (secondary N) is 2. The van der Waals surface area contributed by atoms with E-state index in [1.165, 1.54) is 4.90 Å². The van der Waals surface area contributed by atoms with Crippen LogP contribution in [0.4, 0.5) is 5.69 Å². The number of thioether (sulfide) groups is 1. The van der Waals surface area contributed by atoms with Crippen LogP contribution in [0.2, 0.25) is 0 Å². The Bertz CT molecular complexity index is 668. The average molecular weight is 342 g/mol. The average Bonchev–Trinajstić information content (AvgIpc) is 2.59. The first-order valence-corrected chi connectivity index (χ1v) is 9.18. The van der Waals surface area contributed by atoms with Gasteiger partial charge in [-0.2, -0.15) is 0 Å². The molecule has 2 aromatic rings. The second-order valence-corrected chi connectivity index (χ2v) is 7.03. The molecule has 2 rings (SSSR count). The molecule has 0 heterocycles. The second-order valence-electron chi connectivity index (χ2n) is 5.89. The standard InChI is InChI=1S/C20H24N2OS/c1-22(2)15-8-16-24-19-12-7-6-11-18(19)21-20(23)14-13-17-9-4-3-5-10-17/h3-7,9-14H,8,15-16H2,1-2H3,(H,21,23)/p+1/b14-13+. The Kier molecular flexibility index (Phi) is 7.59. The minimum atomic E-state index is -0.107. The number of carbonyl (C=O) groups is 1. The fraction of sp³-hybridized carbons (Fsp3) is 0.250. The van der Waals surface area contributed by atoms with Crippen molar-refractivity contribution in [3.05, 3.63) is 66.2 Å². The van der Waals surface area contributed by atoms with Crippen molar-refractivity contribution in [3.8, 4) is 0 Å². The lowest BCUT2D eigenvalue weighted by atomic mass is 10.2. The molecule has 0 aliphatic rings. The smallest absolute Gasteiger partial charge is 0.248 e. The monoisotopic (exact) mass is 341 g/mol.